The molecule has 25 valence electrons. The van der Waals surface area contributed by atoms with Gasteiger partial charge in [0.25, 0.3) is 0 Å². The standard InChI is InChI=1S/C3H8P/c1-3-4-2/h3H2,1-2H3. The molecule has 0 rings (SSSR count). The van der Waals surface area contributed by atoms with E-state index in [1.807, 2.05) is 0 Å². The van der Waals surface area contributed by atoms with Crippen LogP contribution in [0.2, 0.25) is 0 Å². The average Bonchev–Trinajstić information content (AvgIpc) is 1.37. The van der Waals surface area contributed by atoms with Gasteiger partial charge < -0.3 is 0 Å². The molecule has 0 unspecified atom stereocenters. The summed E-state index contributed by atoms with van der Waals surface area (Å²) in [6.07, 6.45) is 1.29. The normalized spacial score (nSPS) is 10.5. The molecule has 0 heterocycles. The van der Waals surface area contributed by atoms with E-state index in [9.17, 15) is 0 Å². The van der Waals surface area contributed by atoms with Crippen LogP contribution in [0.3, 0.4) is 0 Å². The van der Waals surface area contributed by atoms with Gasteiger partial charge in [0.15, 0.2) is 0 Å². The van der Waals surface area contributed by atoms with Crippen molar-refractivity contribution in [2.24, 2.45) is 0 Å². The van der Waals surface area contributed by atoms with E-state index in [0.717, 1.165) is 0 Å². The molecule has 0 atom stereocenters. The first kappa shape index (κ1) is 4.43. The first-order valence-corrected chi connectivity index (χ1v) is 3.00. The smallest absolute Gasteiger partial charge is 0.0318 e. The quantitative estimate of drug-likeness (QED) is 0.415. The topological polar surface area (TPSA) is 0 Å². The molecular formula is C3H8P. The van der Waals surface area contributed by atoms with E-state index in [4.69, 9.17) is 0 Å². The number of rotatable bonds is 1. The maximum atomic E-state index is 2.17. The Bertz CT molecular complexity index is 5.25. The van der Waals surface area contributed by atoms with Crippen LogP contribution >= 0.6 is 8.58 Å². The third kappa shape index (κ3) is 2.43. The lowest BCUT2D eigenvalue weighted by molar-refractivity contribution is 1.52. The molecule has 0 spiro atoms. The Kier molecular flexibility index (Phi) is 3.80. The summed E-state index contributed by atoms with van der Waals surface area (Å²) in [6, 6.07) is 0. The van der Waals surface area contributed by atoms with Gasteiger partial charge in [0, 0.05) is 0 Å². The van der Waals surface area contributed by atoms with Gasteiger partial charge in [0.2, 0.25) is 0 Å². The van der Waals surface area contributed by atoms with Crippen LogP contribution in [0, 0.1) is 0 Å². The Labute approximate surface area is 29.4 Å². The highest BCUT2D eigenvalue weighted by Gasteiger charge is 1.56. The Morgan fingerprint density at radius 2 is 2.00 bits per heavy atom. The fraction of sp³-hybridized carbons (Fsp3) is 1.00. The zero-order valence-electron chi connectivity index (χ0n) is 3.15. The summed E-state index contributed by atoms with van der Waals surface area (Å²) >= 11 is 0. The minimum Gasteiger partial charge on any atom is -0.0847 e. The Morgan fingerprint density at radius 1 is 1.75 bits per heavy atom. The monoisotopic (exact) mass is 75.0 g/mol. The molecule has 0 aromatic carbocycles. The molecule has 0 nitrogen and oxygen atoms in total. The average molecular weight is 75.1 g/mol. The van der Waals surface area contributed by atoms with Crippen LogP contribution in [-0.4, -0.2) is 12.8 Å². The zero-order valence-corrected chi connectivity index (χ0v) is 4.05. The predicted molar refractivity (Wildman–Crippen MR) is 23.4 cm³/mol. The van der Waals surface area contributed by atoms with Crippen LogP contribution < -0.4 is 0 Å². The number of hydrogen-bond acceptors (Lipinski definition) is 0. The molecule has 0 N–H and O–H groups in total. The summed E-state index contributed by atoms with van der Waals surface area (Å²) in [5.74, 6) is 0. The van der Waals surface area contributed by atoms with Gasteiger partial charge in [-0.05, 0) is 12.8 Å². The van der Waals surface area contributed by atoms with Gasteiger partial charge in [0.05, 0.1) is 0 Å². The predicted octanol–water partition coefficient (Wildman–Crippen LogP) is 1.58. The number of hydrogen-bond donors (Lipinski definition) is 0. The third-order valence-corrected chi connectivity index (χ3v) is 0.949. The van der Waals surface area contributed by atoms with Crippen molar-refractivity contribution in [2.75, 3.05) is 12.8 Å². The van der Waals surface area contributed by atoms with Crippen molar-refractivity contribution in [1.82, 2.24) is 0 Å². The molecule has 0 saturated carbocycles. The highest BCUT2D eigenvalue weighted by molar-refractivity contribution is 7.36. The van der Waals surface area contributed by atoms with Gasteiger partial charge in [-0.2, -0.15) is 0 Å². The van der Waals surface area contributed by atoms with Gasteiger partial charge in [-0.3, -0.25) is 0 Å². The minimum atomic E-state index is 1.29. The second-order valence-corrected chi connectivity index (χ2v) is 1.90. The van der Waals surface area contributed by atoms with E-state index in [1.54, 1.807) is 0 Å². The van der Waals surface area contributed by atoms with Gasteiger partial charge in [-0.25, -0.2) is 0 Å². The van der Waals surface area contributed by atoms with Crippen molar-refractivity contribution in [3.05, 3.63) is 0 Å². The molecule has 0 aromatic heterocycles. The van der Waals surface area contributed by atoms with E-state index in [-0.39, 0.29) is 0 Å². The van der Waals surface area contributed by atoms with Crippen molar-refractivity contribution in [1.29, 1.82) is 0 Å². The molecule has 0 saturated heterocycles. The highest BCUT2D eigenvalue weighted by atomic mass is 31.1. The zero-order chi connectivity index (χ0) is 3.41. The Morgan fingerprint density at radius 3 is 2.00 bits per heavy atom. The lowest BCUT2D eigenvalue weighted by Gasteiger charge is -1.67. The summed E-state index contributed by atoms with van der Waals surface area (Å²) < 4.78 is 0. The maximum Gasteiger partial charge on any atom is -0.0318 e. The molecule has 0 fully saturated rings. The first-order valence-electron chi connectivity index (χ1n) is 1.47. The molecule has 0 bridgehead atoms. The molecule has 1 heteroatoms. The van der Waals surface area contributed by atoms with Crippen LogP contribution in [0.1, 0.15) is 6.92 Å². The Balaban J connectivity index is 1.97. The van der Waals surface area contributed by atoms with Gasteiger partial charge in [-0.1, -0.05) is 15.5 Å². The van der Waals surface area contributed by atoms with E-state index in [0.29, 0.717) is 0 Å². The SMILES string of the molecule is CC[P]C. The molecule has 1 radical (unpaired) electrons. The van der Waals surface area contributed by atoms with E-state index in [2.05, 4.69) is 13.6 Å². The van der Waals surface area contributed by atoms with Gasteiger partial charge in [0.1, 0.15) is 0 Å². The largest absolute Gasteiger partial charge is 0.0847 e. The first-order chi connectivity index (χ1) is 1.91. The third-order valence-electron chi connectivity index (χ3n) is 0.316. The summed E-state index contributed by atoms with van der Waals surface area (Å²) in [7, 11) is 1.50. The fourth-order valence-electron chi connectivity index (χ4n) is 0. The Hall–Kier alpha value is 0.430. The molecule has 0 aromatic rings. The second kappa shape index (κ2) is 3.43. The van der Waals surface area contributed by atoms with Crippen LogP contribution in [0.5, 0.6) is 0 Å². The molecule has 4 heavy (non-hydrogen) atoms. The van der Waals surface area contributed by atoms with Crippen molar-refractivity contribution in [3.63, 3.8) is 0 Å². The lowest BCUT2D eigenvalue weighted by atomic mass is 11.0. The molecule has 0 aliphatic rings. The van der Waals surface area contributed by atoms with Crippen molar-refractivity contribution >= 4 is 8.58 Å². The van der Waals surface area contributed by atoms with Crippen molar-refractivity contribution in [3.8, 4) is 0 Å². The summed E-state index contributed by atoms with van der Waals surface area (Å²) in [5, 5.41) is 0. The van der Waals surface area contributed by atoms with Crippen molar-refractivity contribution in [2.45, 2.75) is 6.92 Å². The van der Waals surface area contributed by atoms with Crippen LogP contribution in [0.4, 0.5) is 0 Å². The van der Waals surface area contributed by atoms with Gasteiger partial charge in [-0.15, -0.1) is 0 Å². The summed E-state index contributed by atoms with van der Waals surface area (Å²) in [6.45, 7) is 4.32. The van der Waals surface area contributed by atoms with E-state index >= 15 is 0 Å². The van der Waals surface area contributed by atoms with E-state index in [1.165, 1.54) is 14.7 Å². The highest BCUT2D eigenvalue weighted by Crippen LogP contribution is 1.95. The minimum absolute atomic E-state index is 1.29. The fourth-order valence-corrected chi connectivity index (χ4v) is 0. The van der Waals surface area contributed by atoms with Gasteiger partial charge >= 0.3 is 0 Å². The molecular weight excluding hydrogens is 67.0 g/mol. The lowest BCUT2D eigenvalue weighted by Crippen LogP contribution is -1.47. The van der Waals surface area contributed by atoms with Crippen LogP contribution in [-0.2, 0) is 0 Å². The molecule has 0 amide bonds. The summed E-state index contributed by atoms with van der Waals surface area (Å²) in [5.41, 5.74) is 0. The molecule has 0 aliphatic carbocycles. The second-order valence-electron chi connectivity index (χ2n) is 0.632. The van der Waals surface area contributed by atoms with Crippen molar-refractivity contribution < 1.29 is 0 Å². The van der Waals surface area contributed by atoms with Crippen LogP contribution in [0.15, 0.2) is 0 Å². The maximum absolute atomic E-state index is 2.17. The molecule has 0 aliphatic heterocycles. The summed E-state index contributed by atoms with van der Waals surface area (Å²) in [4.78, 5) is 0. The van der Waals surface area contributed by atoms with Crippen LogP contribution in [0.25, 0.3) is 0 Å². The van der Waals surface area contributed by atoms with E-state index < -0.39 is 0 Å².